The number of likely N-dealkylation sites (tertiary alicyclic amines) is 1. The van der Waals surface area contributed by atoms with Crippen molar-refractivity contribution in [2.24, 2.45) is 0 Å². The van der Waals surface area contributed by atoms with Crippen molar-refractivity contribution in [2.45, 2.75) is 39.0 Å². The topological polar surface area (TPSA) is 3.24 Å². The van der Waals surface area contributed by atoms with Crippen molar-refractivity contribution in [1.29, 1.82) is 0 Å². The van der Waals surface area contributed by atoms with Crippen molar-refractivity contribution >= 4 is 0 Å². The van der Waals surface area contributed by atoms with E-state index < -0.39 is 0 Å². The minimum atomic E-state index is 1.26. The molecule has 0 aromatic rings. The second kappa shape index (κ2) is 4.73. The maximum Gasteiger partial charge on any atom is 0.0251 e. The Balaban J connectivity index is 2.02. The molecule has 1 aliphatic heterocycles. The lowest BCUT2D eigenvalue weighted by Crippen LogP contribution is -2.26. The quantitative estimate of drug-likeness (QED) is 0.582. The first-order valence-corrected chi connectivity index (χ1v) is 4.51. The Labute approximate surface area is 64.4 Å². The molecule has 1 heterocycles. The first kappa shape index (κ1) is 8.06. The Morgan fingerprint density at radius 2 is 1.90 bits per heavy atom. The van der Waals surface area contributed by atoms with Crippen LogP contribution in [0, 0.1) is 6.54 Å². The largest absolute Gasteiger partial charge is 0.299 e. The predicted octanol–water partition coefficient (Wildman–Crippen LogP) is 2.43. The minimum absolute atomic E-state index is 1.26. The van der Waals surface area contributed by atoms with Crippen LogP contribution in [0.1, 0.15) is 39.0 Å². The molecule has 1 fully saturated rings. The molecule has 10 heavy (non-hydrogen) atoms. The molecule has 0 aliphatic carbocycles. The molecule has 0 spiro atoms. The molecule has 0 N–H and O–H groups in total. The Kier molecular flexibility index (Phi) is 3.81. The van der Waals surface area contributed by atoms with Crippen molar-refractivity contribution < 1.29 is 0 Å². The number of nitrogens with zero attached hydrogens (tertiary/aromatic N) is 1. The Bertz CT molecular complexity index is 74.8. The lowest BCUT2D eigenvalue weighted by molar-refractivity contribution is 0.269. The summed E-state index contributed by atoms with van der Waals surface area (Å²) in [6.07, 6.45) is 6.80. The maximum absolute atomic E-state index is 2.48. The predicted molar refractivity (Wildman–Crippen MR) is 44.6 cm³/mol. The molecular weight excluding hydrogens is 122 g/mol. The van der Waals surface area contributed by atoms with E-state index in [-0.39, 0.29) is 0 Å². The molecule has 1 radical (unpaired) electrons. The molecule has 0 aromatic carbocycles. The van der Waals surface area contributed by atoms with Crippen LogP contribution in [0.15, 0.2) is 0 Å². The Morgan fingerprint density at radius 1 is 1.20 bits per heavy atom. The van der Waals surface area contributed by atoms with Crippen molar-refractivity contribution in [3.05, 3.63) is 6.54 Å². The Morgan fingerprint density at radius 3 is 2.50 bits per heavy atom. The van der Waals surface area contributed by atoms with Gasteiger partial charge in [0, 0.05) is 6.54 Å². The highest BCUT2D eigenvalue weighted by Gasteiger charge is 2.08. The van der Waals surface area contributed by atoms with Gasteiger partial charge in [0.1, 0.15) is 0 Å². The lowest BCUT2D eigenvalue weighted by atomic mass is 10.1. The van der Waals surface area contributed by atoms with E-state index in [1.165, 1.54) is 45.2 Å². The van der Waals surface area contributed by atoms with E-state index >= 15 is 0 Å². The van der Waals surface area contributed by atoms with E-state index in [0.717, 1.165) is 0 Å². The fourth-order valence-electron chi connectivity index (χ4n) is 1.41. The molecule has 1 heteroatoms. The molecule has 1 saturated heterocycles. The van der Waals surface area contributed by atoms with Crippen LogP contribution in [0.2, 0.25) is 0 Å². The van der Waals surface area contributed by atoms with Gasteiger partial charge in [-0.3, -0.25) is 4.90 Å². The van der Waals surface area contributed by atoms with Gasteiger partial charge >= 0.3 is 0 Å². The summed E-state index contributed by atoms with van der Waals surface area (Å²) in [6.45, 7) is 7.22. The molecule has 0 unspecified atom stereocenters. The van der Waals surface area contributed by atoms with Gasteiger partial charge in [-0.25, -0.2) is 0 Å². The highest BCUT2D eigenvalue weighted by Crippen LogP contribution is 2.11. The third-order valence-electron chi connectivity index (χ3n) is 2.07. The molecule has 0 bridgehead atoms. The van der Waals surface area contributed by atoms with Gasteiger partial charge in [0.25, 0.3) is 0 Å². The smallest absolute Gasteiger partial charge is 0.0251 e. The summed E-state index contributed by atoms with van der Waals surface area (Å²) in [4.78, 5) is 2.48. The number of hydrogen-bond acceptors (Lipinski definition) is 1. The van der Waals surface area contributed by atoms with Gasteiger partial charge in [0.15, 0.2) is 0 Å². The van der Waals surface area contributed by atoms with Gasteiger partial charge < -0.3 is 0 Å². The van der Waals surface area contributed by atoms with Crippen LogP contribution in [-0.4, -0.2) is 18.0 Å². The monoisotopic (exact) mass is 140 g/mol. The molecule has 0 aromatic heterocycles. The van der Waals surface area contributed by atoms with Crippen LogP contribution >= 0.6 is 0 Å². The third-order valence-corrected chi connectivity index (χ3v) is 2.07. The number of hydrogen-bond donors (Lipinski definition) is 0. The first-order chi connectivity index (χ1) is 4.93. The lowest BCUT2D eigenvalue weighted by Gasteiger charge is -2.25. The van der Waals surface area contributed by atoms with Gasteiger partial charge in [0.05, 0.1) is 0 Å². The van der Waals surface area contributed by atoms with E-state index in [0.29, 0.717) is 0 Å². The molecule has 1 nitrogen and oxygen atoms in total. The molecule has 0 saturated carbocycles. The van der Waals surface area contributed by atoms with Crippen molar-refractivity contribution in [3.8, 4) is 0 Å². The minimum Gasteiger partial charge on any atom is -0.299 e. The zero-order valence-electron chi connectivity index (χ0n) is 6.97. The fraction of sp³-hybridized carbons (Fsp3) is 0.889. The SMILES string of the molecule is CCC[CH]N1CCCCC1. The summed E-state index contributed by atoms with van der Waals surface area (Å²) in [5, 5.41) is 0. The third kappa shape index (κ3) is 2.70. The first-order valence-electron chi connectivity index (χ1n) is 4.51. The second-order valence-electron chi connectivity index (χ2n) is 3.07. The standard InChI is InChI=1S/C9H18N/c1-2-3-7-10-8-5-4-6-9-10/h7H,2-6,8-9H2,1H3. The molecule has 1 rings (SSSR count). The zero-order valence-corrected chi connectivity index (χ0v) is 6.97. The van der Waals surface area contributed by atoms with Gasteiger partial charge in [-0.2, -0.15) is 0 Å². The van der Waals surface area contributed by atoms with Gasteiger partial charge in [-0.15, -0.1) is 0 Å². The van der Waals surface area contributed by atoms with Gasteiger partial charge in [-0.1, -0.05) is 19.8 Å². The molecule has 0 atom stereocenters. The summed E-state index contributed by atoms with van der Waals surface area (Å²) in [5.41, 5.74) is 0. The highest BCUT2D eigenvalue weighted by molar-refractivity contribution is 4.71. The molecule has 1 aliphatic rings. The average Bonchev–Trinajstić information content (AvgIpc) is 2.03. The van der Waals surface area contributed by atoms with Gasteiger partial charge in [0.2, 0.25) is 0 Å². The summed E-state index contributed by atoms with van der Waals surface area (Å²) in [6, 6.07) is 0. The van der Waals surface area contributed by atoms with Gasteiger partial charge in [-0.05, 0) is 32.4 Å². The van der Waals surface area contributed by atoms with Crippen LogP contribution in [-0.2, 0) is 0 Å². The molecule has 0 amide bonds. The van der Waals surface area contributed by atoms with Crippen LogP contribution in [0.3, 0.4) is 0 Å². The van der Waals surface area contributed by atoms with Crippen molar-refractivity contribution in [3.63, 3.8) is 0 Å². The van der Waals surface area contributed by atoms with E-state index in [4.69, 9.17) is 0 Å². The molecular formula is C9H18N. The Hall–Kier alpha value is -0.0400. The van der Waals surface area contributed by atoms with E-state index in [1.807, 2.05) is 0 Å². The fourth-order valence-corrected chi connectivity index (χ4v) is 1.41. The summed E-state index contributed by atoms with van der Waals surface area (Å²) in [5.74, 6) is 0. The zero-order chi connectivity index (χ0) is 7.23. The maximum atomic E-state index is 2.48. The second-order valence-corrected chi connectivity index (χ2v) is 3.07. The molecule has 59 valence electrons. The highest BCUT2D eigenvalue weighted by atomic mass is 15.1. The van der Waals surface area contributed by atoms with E-state index in [1.54, 1.807) is 0 Å². The summed E-state index contributed by atoms with van der Waals surface area (Å²) < 4.78 is 0. The number of rotatable bonds is 3. The van der Waals surface area contributed by atoms with Crippen LogP contribution in [0.4, 0.5) is 0 Å². The van der Waals surface area contributed by atoms with Crippen LogP contribution in [0.25, 0.3) is 0 Å². The summed E-state index contributed by atoms with van der Waals surface area (Å²) >= 11 is 0. The normalized spacial score (nSPS) is 21.3. The number of piperidine rings is 1. The van der Waals surface area contributed by atoms with E-state index in [2.05, 4.69) is 18.4 Å². The van der Waals surface area contributed by atoms with E-state index in [9.17, 15) is 0 Å². The average molecular weight is 140 g/mol. The number of unbranched alkanes of at least 4 members (excludes halogenated alkanes) is 1. The van der Waals surface area contributed by atoms with Crippen LogP contribution in [0.5, 0.6) is 0 Å². The summed E-state index contributed by atoms with van der Waals surface area (Å²) in [7, 11) is 0. The van der Waals surface area contributed by atoms with Crippen molar-refractivity contribution in [2.75, 3.05) is 13.1 Å². The van der Waals surface area contributed by atoms with Crippen LogP contribution < -0.4 is 0 Å². The van der Waals surface area contributed by atoms with Crippen molar-refractivity contribution in [1.82, 2.24) is 4.90 Å².